The molecule has 2 amide bonds. The molecule has 0 radical (unpaired) electrons. The second kappa shape index (κ2) is 19.0. The lowest BCUT2D eigenvalue weighted by atomic mass is 9.86. The molecule has 2 aromatic heterocycles. The van der Waals surface area contributed by atoms with E-state index in [1.807, 2.05) is 48.5 Å². The molecule has 10 heteroatoms. The van der Waals surface area contributed by atoms with Gasteiger partial charge in [-0.25, -0.2) is 9.78 Å². The van der Waals surface area contributed by atoms with E-state index in [1.54, 1.807) is 10.8 Å². The number of hydrogen-bond acceptors (Lipinski definition) is 5. The lowest BCUT2D eigenvalue weighted by Crippen LogP contribution is -2.30. The first-order valence-electron chi connectivity index (χ1n) is 17.9. The maximum Gasteiger partial charge on any atom is 0.323 e. The Labute approximate surface area is 309 Å². The van der Waals surface area contributed by atoms with Gasteiger partial charge in [-0.2, -0.15) is 0 Å². The van der Waals surface area contributed by atoms with Crippen molar-refractivity contribution in [3.8, 4) is 16.9 Å². The normalized spacial score (nSPS) is 13.2. The number of nitrogens with zero attached hydrogens (tertiary/aromatic N) is 2. The van der Waals surface area contributed by atoms with Crippen molar-refractivity contribution < 1.29 is 9.53 Å². The number of nitrogens with one attached hydrogen (secondary N) is 2. The number of hydrogen-bond donors (Lipinski definition) is 3. The Kier molecular flexibility index (Phi) is 15.5. The molecule has 4 aromatic rings. The van der Waals surface area contributed by atoms with Gasteiger partial charge in [-0.05, 0) is 90.1 Å². The zero-order valence-electron chi connectivity index (χ0n) is 30.2. The van der Waals surface area contributed by atoms with Crippen molar-refractivity contribution in [1.29, 1.82) is 0 Å². The number of halogens is 2. The van der Waals surface area contributed by atoms with E-state index in [9.17, 15) is 9.59 Å². The predicted molar refractivity (Wildman–Crippen MR) is 214 cm³/mol. The molecule has 1 saturated carbocycles. The minimum Gasteiger partial charge on any atom is -0.494 e. The number of carbonyl (C=O) groups is 1. The van der Waals surface area contributed by atoms with Crippen LogP contribution in [0.2, 0.25) is 0 Å². The third-order valence-electron chi connectivity index (χ3n) is 9.57. The van der Waals surface area contributed by atoms with Crippen LogP contribution in [0.5, 0.6) is 5.75 Å². The molecule has 1 aliphatic carbocycles. The maximum absolute atomic E-state index is 14.3. The van der Waals surface area contributed by atoms with Crippen LogP contribution in [0.15, 0.2) is 59.5 Å². The molecule has 2 heterocycles. The zero-order valence-corrected chi connectivity index (χ0v) is 31.9. The number of carbonyl (C=O) groups excluding carboxylic acids is 1. The number of ether oxygens (including phenoxy) is 1. The number of nitrogens with two attached hydrogens (primary N) is 1. The largest absolute Gasteiger partial charge is 0.494 e. The van der Waals surface area contributed by atoms with Gasteiger partial charge in [-0.3, -0.25) is 9.36 Å². The number of benzene rings is 2. The molecule has 1 aliphatic rings. The molecule has 2 aromatic carbocycles. The average Bonchev–Trinajstić information content (AvgIpc) is 3.07. The highest BCUT2D eigenvalue weighted by Crippen LogP contribution is 2.37. The monoisotopic (exact) mass is 723 g/mol. The summed E-state index contributed by atoms with van der Waals surface area (Å²) in [4.78, 5) is 32.9. The van der Waals surface area contributed by atoms with Crippen LogP contribution >= 0.6 is 24.8 Å². The fourth-order valence-electron chi connectivity index (χ4n) is 7.02. The van der Waals surface area contributed by atoms with Gasteiger partial charge in [0.05, 0.1) is 6.61 Å². The summed E-state index contributed by atoms with van der Waals surface area (Å²) in [5.74, 6) is 1.80. The highest BCUT2D eigenvalue weighted by atomic mass is 35.5. The van der Waals surface area contributed by atoms with Crippen LogP contribution in [0.4, 0.5) is 21.9 Å². The maximum atomic E-state index is 14.3. The quantitative estimate of drug-likeness (QED) is 0.0939. The lowest BCUT2D eigenvalue weighted by Gasteiger charge is -2.22. The Morgan fingerprint density at radius 2 is 1.62 bits per heavy atom. The Morgan fingerprint density at radius 3 is 2.28 bits per heavy atom. The Hall–Kier alpha value is -3.75. The van der Waals surface area contributed by atoms with E-state index < -0.39 is 6.03 Å². The molecule has 50 heavy (non-hydrogen) atoms. The SMILES string of the molecule is CCCCn1c(=O)c(NC(=O)Nc2c(C(C)C)cc(N)cc2C(C)C)c(-c2cccc(OCCCC3CCCCC3)c2)c2cccnc21.Cl.Cl. The molecule has 272 valence electrons. The van der Waals surface area contributed by atoms with Gasteiger partial charge in [0.25, 0.3) is 5.56 Å². The number of rotatable bonds is 13. The van der Waals surface area contributed by atoms with Gasteiger partial charge >= 0.3 is 6.03 Å². The van der Waals surface area contributed by atoms with Gasteiger partial charge in [0.1, 0.15) is 17.1 Å². The summed E-state index contributed by atoms with van der Waals surface area (Å²) >= 11 is 0. The number of urea groups is 1. The molecular formula is C40H55Cl2N5O3. The molecule has 5 rings (SSSR count). The van der Waals surface area contributed by atoms with Crippen LogP contribution in [-0.2, 0) is 6.54 Å². The summed E-state index contributed by atoms with van der Waals surface area (Å²) in [5.41, 5.74) is 11.5. The third-order valence-corrected chi connectivity index (χ3v) is 9.57. The first kappa shape index (κ1) is 40.7. The summed E-state index contributed by atoms with van der Waals surface area (Å²) in [7, 11) is 0. The molecule has 8 nitrogen and oxygen atoms in total. The number of unbranched alkanes of at least 4 members (excludes halogenated alkanes) is 1. The lowest BCUT2D eigenvalue weighted by molar-refractivity contribution is 0.262. The number of nitrogen functional groups attached to an aromatic ring is 1. The van der Waals surface area contributed by atoms with Crippen molar-refractivity contribution in [1.82, 2.24) is 9.55 Å². The zero-order chi connectivity index (χ0) is 34.2. The standard InChI is InChI=1S/C40H53N5O3.2ClH/c1-6-7-21-45-38-32(19-12-20-42-38)35(29-17-11-18-31(23-29)48-22-13-16-28-14-9-8-10-15-28)37(39(45)46)44-40(47)43-36-33(26(2)3)24-30(41)25-34(36)27(4)5;;/h11-12,17-20,23-28H,6-10,13-16,21-22,41H2,1-5H3,(H2,43,44,47);2*1H. The van der Waals surface area contributed by atoms with Crippen molar-refractivity contribution >= 4 is 58.9 Å². The van der Waals surface area contributed by atoms with E-state index in [0.29, 0.717) is 30.0 Å². The average molecular weight is 725 g/mol. The molecule has 0 aliphatic heterocycles. The highest BCUT2D eigenvalue weighted by Gasteiger charge is 2.23. The van der Waals surface area contributed by atoms with E-state index in [4.69, 9.17) is 10.5 Å². The van der Waals surface area contributed by atoms with Gasteiger partial charge < -0.3 is 21.1 Å². The van der Waals surface area contributed by atoms with E-state index in [2.05, 4.69) is 50.2 Å². The number of fused-ring (bicyclic) bond motifs is 1. The van der Waals surface area contributed by atoms with E-state index in [1.165, 1.54) is 38.5 Å². The Morgan fingerprint density at radius 1 is 0.940 bits per heavy atom. The fourth-order valence-corrected chi connectivity index (χ4v) is 7.02. The van der Waals surface area contributed by atoms with Crippen molar-refractivity contribution in [3.63, 3.8) is 0 Å². The van der Waals surface area contributed by atoms with Crippen LogP contribution in [0.1, 0.15) is 115 Å². The van der Waals surface area contributed by atoms with Crippen molar-refractivity contribution in [3.05, 3.63) is 76.2 Å². The van der Waals surface area contributed by atoms with Gasteiger partial charge in [0.2, 0.25) is 0 Å². The summed E-state index contributed by atoms with van der Waals surface area (Å²) in [6.45, 7) is 11.5. The topological polar surface area (TPSA) is 111 Å². The van der Waals surface area contributed by atoms with Gasteiger partial charge in [0.15, 0.2) is 0 Å². The minimum absolute atomic E-state index is 0. The van der Waals surface area contributed by atoms with Crippen LogP contribution in [-0.4, -0.2) is 22.2 Å². The summed E-state index contributed by atoms with van der Waals surface area (Å²) < 4.78 is 7.94. The summed E-state index contributed by atoms with van der Waals surface area (Å²) in [5, 5.41) is 6.91. The number of pyridine rings is 2. The van der Waals surface area contributed by atoms with Gasteiger partial charge in [-0.1, -0.05) is 85.3 Å². The third kappa shape index (κ3) is 9.73. The molecule has 4 N–H and O–H groups in total. The molecule has 0 saturated heterocycles. The number of aryl methyl sites for hydroxylation is 1. The van der Waals surface area contributed by atoms with E-state index >= 15 is 0 Å². The van der Waals surface area contributed by atoms with Gasteiger partial charge in [0, 0.05) is 35.1 Å². The van der Waals surface area contributed by atoms with Crippen molar-refractivity contribution in [2.75, 3.05) is 23.0 Å². The number of amides is 2. The molecule has 0 spiro atoms. The Balaban J connectivity index is 0.00000338. The highest BCUT2D eigenvalue weighted by molar-refractivity contribution is 6.08. The van der Waals surface area contributed by atoms with Crippen LogP contribution in [0.25, 0.3) is 22.2 Å². The molecule has 0 bridgehead atoms. The van der Waals surface area contributed by atoms with Crippen LogP contribution in [0, 0.1) is 5.92 Å². The van der Waals surface area contributed by atoms with E-state index in [0.717, 1.165) is 58.7 Å². The van der Waals surface area contributed by atoms with Crippen molar-refractivity contribution in [2.24, 2.45) is 5.92 Å². The first-order valence-corrected chi connectivity index (χ1v) is 17.9. The molecule has 0 atom stereocenters. The minimum atomic E-state index is -0.484. The fraction of sp³-hybridized carbons (Fsp3) is 0.475. The summed E-state index contributed by atoms with van der Waals surface area (Å²) in [6, 6.07) is 15.0. The summed E-state index contributed by atoms with van der Waals surface area (Å²) in [6.07, 6.45) is 12.4. The van der Waals surface area contributed by atoms with Crippen molar-refractivity contribution in [2.45, 2.75) is 111 Å². The number of aromatic nitrogens is 2. The second-order valence-corrected chi connectivity index (χ2v) is 13.9. The molecule has 0 unspecified atom stereocenters. The molecule has 1 fully saturated rings. The first-order chi connectivity index (χ1) is 23.2. The van der Waals surface area contributed by atoms with Crippen LogP contribution < -0.4 is 26.7 Å². The smallest absolute Gasteiger partial charge is 0.323 e. The predicted octanol–water partition coefficient (Wildman–Crippen LogP) is 10.9. The molecular weight excluding hydrogens is 669 g/mol. The van der Waals surface area contributed by atoms with E-state index in [-0.39, 0.29) is 47.9 Å². The Bertz CT molecular complexity index is 1750. The van der Waals surface area contributed by atoms with Gasteiger partial charge in [-0.15, -0.1) is 24.8 Å². The number of anilines is 3. The van der Waals surface area contributed by atoms with Crippen LogP contribution in [0.3, 0.4) is 0 Å². The second-order valence-electron chi connectivity index (χ2n) is 13.9.